The standard InChI is InChI=1S/C8H11N3O2/c12-7-2-1-6(8(13)11-7)5-3-9-10-4-5/h3,6,9-10H,1-2,4H2,(H,11,12,13). The molecule has 5 heteroatoms. The Morgan fingerprint density at radius 3 is 2.85 bits per heavy atom. The molecule has 3 N–H and O–H groups in total. The van der Waals surface area contributed by atoms with Gasteiger partial charge in [-0.15, -0.1) is 0 Å². The van der Waals surface area contributed by atoms with Crippen LogP contribution in [0.4, 0.5) is 0 Å². The predicted molar refractivity (Wildman–Crippen MR) is 45.1 cm³/mol. The number of piperidine rings is 1. The highest BCUT2D eigenvalue weighted by molar-refractivity contribution is 5.99. The summed E-state index contributed by atoms with van der Waals surface area (Å²) in [6.45, 7) is 0.673. The Morgan fingerprint density at radius 2 is 2.23 bits per heavy atom. The van der Waals surface area contributed by atoms with Crippen LogP contribution in [0, 0.1) is 5.92 Å². The lowest BCUT2D eigenvalue weighted by atomic mass is 9.91. The van der Waals surface area contributed by atoms with Crippen molar-refractivity contribution in [2.45, 2.75) is 12.8 Å². The largest absolute Gasteiger partial charge is 0.328 e. The van der Waals surface area contributed by atoms with E-state index in [0.29, 0.717) is 19.4 Å². The molecule has 2 amide bonds. The van der Waals surface area contributed by atoms with Gasteiger partial charge in [-0.1, -0.05) is 0 Å². The molecular weight excluding hydrogens is 170 g/mol. The summed E-state index contributed by atoms with van der Waals surface area (Å²) in [5.74, 6) is -0.478. The summed E-state index contributed by atoms with van der Waals surface area (Å²) in [6, 6.07) is 0. The van der Waals surface area contributed by atoms with Crippen molar-refractivity contribution in [2.24, 2.45) is 5.92 Å². The number of nitrogens with one attached hydrogen (secondary N) is 3. The number of carbonyl (C=O) groups is 2. The molecule has 1 fully saturated rings. The summed E-state index contributed by atoms with van der Waals surface area (Å²) in [7, 11) is 0. The maximum Gasteiger partial charge on any atom is 0.233 e. The molecule has 2 aliphatic rings. The molecular formula is C8H11N3O2. The van der Waals surface area contributed by atoms with E-state index in [1.165, 1.54) is 0 Å². The molecule has 1 atom stereocenters. The molecule has 0 aromatic carbocycles. The highest BCUT2D eigenvalue weighted by atomic mass is 16.2. The topological polar surface area (TPSA) is 70.2 Å². The van der Waals surface area contributed by atoms with Gasteiger partial charge in [-0.25, -0.2) is 5.43 Å². The zero-order valence-electron chi connectivity index (χ0n) is 7.09. The Hall–Kier alpha value is -1.36. The van der Waals surface area contributed by atoms with E-state index in [1.807, 2.05) is 0 Å². The van der Waals surface area contributed by atoms with Crippen molar-refractivity contribution < 1.29 is 9.59 Å². The van der Waals surface area contributed by atoms with Crippen LogP contribution in [0.1, 0.15) is 12.8 Å². The number of hydrazine groups is 1. The van der Waals surface area contributed by atoms with Crippen LogP contribution < -0.4 is 16.2 Å². The maximum atomic E-state index is 11.4. The van der Waals surface area contributed by atoms with E-state index in [-0.39, 0.29) is 17.7 Å². The molecule has 2 aliphatic heterocycles. The number of imide groups is 1. The van der Waals surface area contributed by atoms with Crippen LogP contribution in [0.25, 0.3) is 0 Å². The minimum absolute atomic E-state index is 0.139. The number of hydrogen-bond donors (Lipinski definition) is 3. The summed E-state index contributed by atoms with van der Waals surface area (Å²) < 4.78 is 0. The SMILES string of the molecule is O=C1CCC(C2=CNNC2)C(=O)N1. The first kappa shape index (κ1) is 8.25. The van der Waals surface area contributed by atoms with E-state index >= 15 is 0 Å². The molecule has 1 unspecified atom stereocenters. The quantitative estimate of drug-likeness (QED) is 0.455. The lowest BCUT2D eigenvalue weighted by Gasteiger charge is -2.20. The van der Waals surface area contributed by atoms with Gasteiger partial charge in [0.1, 0.15) is 0 Å². The average Bonchev–Trinajstić information content (AvgIpc) is 2.56. The van der Waals surface area contributed by atoms with Crippen LogP contribution >= 0.6 is 0 Å². The molecule has 0 spiro atoms. The van der Waals surface area contributed by atoms with E-state index in [1.54, 1.807) is 6.20 Å². The van der Waals surface area contributed by atoms with Gasteiger partial charge >= 0.3 is 0 Å². The van der Waals surface area contributed by atoms with Gasteiger partial charge in [-0.05, 0) is 12.0 Å². The zero-order valence-corrected chi connectivity index (χ0v) is 7.09. The van der Waals surface area contributed by atoms with E-state index in [2.05, 4.69) is 16.2 Å². The summed E-state index contributed by atoms with van der Waals surface area (Å²) in [5, 5.41) is 2.33. The average molecular weight is 181 g/mol. The Kier molecular flexibility index (Phi) is 2.02. The lowest BCUT2D eigenvalue weighted by molar-refractivity contribution is -0.135. The van der Waals surface area contributed by atoms with Crippen LogP contribution in [0.2, 0.25) is 0 Å². The number of rotatable bonds is 1. The molecule has 2 rings (SSSR count). The smallest absolute Gasteiger partial charge is 0.233 e. The number of amides is 2. The second-order valence-electron chi connectivity index (χ2n) is 3.22. The molecule has 5 nitrogen and oxygen atoms in total. The molecule has 0 aromatic rings. The van der Waals surface area contributed by atoms with E-state index < -0.39 is 0 Å². The van der Waals surface area contributed by atoms with Crippen molar-refractivity contribution in [1.29, 1.82) is 0 Å². The second kappa shape index (κ2) is 3.18. The first-order chi connectivity index (χ1) is 6.27. The van der Waals surface area contributed by atoms with E-state index in [0.717, 1.165) is 5.57 Å². The van der Waals surface area contributed by atoms with E-state index in [4.69, 9.17) is 0 Å². The van der Waals surface area contributed by atoms with Gasteiger partial charge < -0.3 is 5.43 Å². The monoisotopic (exact) mass is 181 g/mol. The van der Waals surface area contributed by atoms with Gasteiger partial charge in [0.15, 0.2) is 0 Å². The molecule has 0 radical (unpaired) electrons. The fourth-order valence-corrected chi connectivity index (χ4v) is 1.62. The fraction of sp³-hybridized carbons (Fsp3) is 0.500. The Labute approximate surface area is 75.5 Å². The normalized spacial score (nSPS) is 28.0. The molecule has 1 saturated heterocycles. The minimum Gasteiger partial charge on any atom is -0.328 e. The van der Waals surface area contributed by atoms with Crippen LogP contribution in [0.3, 0.4) is 0 Å². The van der Waals surface area contributed by atoms with Gasteiger partial charge in [0.25, 0.3) is 0 Å². The maximum absolute atomic E-state index is 11.4. The van der Waals surface area contributed by atoms with Gasteiger partial charge in [0.2, 0.25) is 11.8 Å². The van der Waals surface area contributed by atoms with Crippen LogP contribution in [-0.2, 0) is 9.59 Å². The summed E-state index contributed by atoms with van der Waals surface area (Å²) >= 11 is 0. The van der Waals surface area contributed by atoms with Gasteiger partial charge in [0.05, 0.1) is 5.92 Å². The molecule has 2 heterocycles. The van der Waals surface area contributed by atoms with Gasteiger partial charge in [0, 0.05) is 19.2 Å². The predicted octanol–water partition coefficient (Wildman–Crippen LogP) is -0.969. The van der Waals surface area contributed by atoms with E-state index in [9.17, 15) is 9.59 Å². The Bertz CT molecular complexity index is 285. The van der Waals surface area contributed by atoms with Crippen LogP contribution in [0.5, 0.6) is 0 Å². The molecule has 0 aromatic heterocycles. The van der Waals surface area contributed by atoms with Crippen molar-refractivity contribution in [3.05, 3.63) is 11.8 Å². The lowest BCUT2D eigenvalue weighted by Crippen LogP contribution is -2.41. The minimum atomic E-state index is -0.173. The van der Waals surface area contributed by atoms with Crippen molar-refractivity contribution in [3.8, 4) is 0 Å². The van der Waals surface area contributed by atoms with Crippen molar-refractivity contribution in [3.63, 3.8) is 0 Å². The zero-order chi connectivity index (χ0) is 9.26. The van der Waals surface area contributed by atoms with Crippen molar-refractivity contribution in [1.82, 2.24) is 16.2 Å². The van der Waals surface area contributed by atoms with Crippen molar-refractivity contribution >= 4 is 11.8 Å². The summed E-state index contributed by atoms with van der Waals surface area (Å²) in [4.78, 5) is 22.2. The first-order valence-electron chi connectivity index (χ1n) is 4.28. The molecule has 0 saturated carbocycles. The Morgan fingerprint density at radius 1 is 1.38 bits per heavy atom. The summed E-state index contributed by atoms with van der Waals surface area (Å²) in [5.41, 5.74) is 6.74. The van der Waals surface area contributed by atoms with Crippen molar-refractivity contribution in [2.75, 3.05) is 6.54 Å². The third-order valence-electron chi connectivity index (χ3n) is 2.34. The number of carbonyl (C=O) groups excluding carboxylic acids is 2. The van der Waals surface area contributed by atoms with Gasteiger partial charge in [-0.2, -0.15) is 0 Å². The highest BCUT2D eigenvalue weighted by Crippen LogP contribution is 2.21. The highest BCUT2D eigenvalue weighted by Gasteiger charge is 2.30. The fourth-order valence-electron chi connectivity index (χ4n) is 1.62. The van der Waals surface area contributed by atoms with Crippen LogP contribution in [-0.4, -0.2) is 18.4 Å². The molecule has 0 bridgehead atoms. The summed E-state index contributed by atoms with van der Waals surface area (Å²) in [6.07, 6.45) is 2.85. The molecule has 13 heavy (non-hydrogen) atoms. The molecule has 0 aliphatic carbocycles. The molecule has 70 valence electrons. The second-order valence-corrected chi connectivity index (χ2v) is 3.22. The third kappa shape index (κ3) is 1.55. The first-order valence-corrected chi connectivity index (χ1v) is 4.28. The third-order valence-corrected chi connectivity index (χ3v) is 2.34. The number of hydrogen-bond acceptors (Lipinski definition) is 4. The van der Waals surface area contributed by atoms with Crippen LogP contribution in [0.15, 0.2) is 11.8 Å². The Balaban J connectivity index is 2.07. The van der Waals surface area contributed by atoms with Gasteiger partial charge in [-0.3, -0.25) is 14.9 Å².